The van der Waals surface area contributed by atoms with E-state index in [1.54, 1.807) is 13.8 Å². The summed E-state index contributed by atoms with van der Waals surface area (Å²) in [5, 5.41) is 11.7. The zero-order valence-corrected chi connectivity index (χ0v) is 14.7. The van der Waals surface area contributed by atoms with Gasteiger partial charge >= 0.3 is 0 Å². The Balaban J connectivity index is 2.02. The Morgan fingerprint density at radius 2 is 2.00 bits per heavy atom. The van der Waals surface area contributed by atoms with E-state index in [-0.39, 0.29) is 11.4 Å². The van der Waals surface area contributed by atoms with Gasteiger partial charge in [0.2, 0.25) is 5.91 Å². The topological polar surface area (TPSA) is 90.0 Å². The van der Waals surface area contributed by atoms with Crippen LogP contribution < -0.4 is 10.9 Å². The summed E-state index contributed by atoms with van der Waals surface area (Å²) in [5.41, 5.74) is 2.05. The van der Waals surface area contributed by atoms with Gasteiger partial charge in [0.15, 0.2) is 5.52 Å². The number of carbonyl (C=O) groups is 1. The van der Waals surface area contributed by atoms with Crippen molar-refractivity contribution < 1.29 is 9.32 Å². The number of benzene rings is 1. The van der Waals surface area contributed by atoms with Crippen molar-refractivity contribution in [1.82, 2.24) is 14.9 Å². The van der Waals surface area contributed by atoms with Crippen LogP contribution in [0.15, 0.2) is 33.6 Å². The molecule has 3 aromatic rings. The fraction of sp³-hybridized carbons (Fsp3) is 0.333. The Hall–Kier alpha value is -2.96. The molecule has 2 aromatic heterocycles. The molecule has 1 N–H and O–H groups in total. The number of anilines is 1. The minimum Gasteiger partial charge on any atom is -0.360 e. The Labute approximate surface area is 144 Å². The van der Waals surface area contributed by atoms with Gasteiger partial charge in [-0.25, -0.2) is 4.68 Å². The Kier molecular flexibility index (Phi) is 4.39. The van der Waals surface area contributed by atoms with Crippen molar-refractivity contribution in [2.24, 2.45) is 0 Å². The van der Waals surface area contributed by atoms with Crippen LogP contribution in [0.2, 0.25) is 0 Å². The number of nitrogens with zero attached hydrogens (tertiary/aromatic N) is 3. The largest absolute Gasteiger partial charge is 0.360 e. The van der Waals surface area contributed by atoms with Gasteiger partial charge in [-0.15, -0.1) is 0 Å². The van der Waals surface area contributed by atoms with Crippen LogP contribution in [-0.2, 0) is 4.79 Å². The first-order valence-electron chi connectivity index (χ1n) is 8.16. The third-order valence-electron chi connectivity index (χ3n) is 4.28. The number of fused-ring (bicyclic) bond motifs is 1. The summed E-state index contributed by atoms with van der Waals surface area (Å²) in [6.45, 7) is 7.25. The van der Waals surface area contributed by atoms with Crippen molar-refractivity contribution in [1.29, 1.82) is 0 Å². The van der Waals surface area contributed by atoms with Gasteiger partial charge in [-0.05, 0) is 38.8 Å². The lowest BCUT2D eigenvalue weighted by Crippen LogP contribution is -2.35. The maximum absolute atomic E-state index is 12.7. The first-order chi connectivity index (χ1) is 11.9. The summed E-state index contributed by atoms with van der Waals surface area (Å²) >= 11 is 0. The molecular formula is C18H20N4O3. The van der Waals surface area contributed by atoms with Crippen molar-refractivity contribution >= 4 is 22.5 Å². The van der Waals surface area contributed by atoms with Gasteiger partial charge < -0.3 is 9.84 Å². The molecule has 0 spiro atoms. The van der Waals surface area contributed by atoms with Crippen LogP contribution in [0.3, 0.4) is 0 Å². The molecule has 1 atom stereocenters. The first-order valence-corrected chi connectivity index (χ1v) is 8.16. The van der Waals surface area contributed by atoms with E-state index in [4.69, 9.17) is 4.52 Å². The van der Waals surface area contributed by atoms with Crippen LogP contribution in [0.5, 0.6) is 0 Å². The molecule has 0 aliphatic rings. The maximum atomic E-state index is 12.7. The Bertz CT molecular complexity index is 1000. The van der Waals surface area contributed by atoms with Crippen LogP contribution in [0, 0.1) is 20.8 Å². The molecule has 2 heterocycles. The van der Waals surface area contributed by atoms with E-state index in [2.05, 4.69) is 15.6 Å². The highest BCUT2D eigenvalue weighted by Crippen LogP contribution is 2.20. The zero-order valence-electron chi connectivity index (χ0n) is 14.7. The molecule has 0 radical (unpaired) electrons. The molecule has 25 heavy (non-hydrogen) atoms. The molecule has 0 saturated heterocycles. The van der Waals surface area contributed by atoms with Gasteiger partial charge in [-0.2, -0.15) is 5.10 Å². The van der Waals surface area contributed by atoms with E-state index < -0.39 is 11.6 Å². The highest BCUT2D eigenvalue weighted by atomic mass is 16.5. The highest BCUT2D eigenvalue weighted by Gasteiger charge is 2.25. The van der Waals surface area contributed by atoms with Gasteiger partial charge in [0.05, 0.1) is 11.1 Å². The van der Waals surface area contributed by atoms with Crippen molar-refractivity contribution in [2.75, 3.05) is 5.32 Å². The SMILES string of the molecule is CC[C@@H](C(=O)Nc1ccccc1C)n1nc(C)c2c(C)onc2c1=O. The predicted octanol–water partition coefficient (Wildman–Crippen LogP) is 2.90. The van der Waals surface area contributed by atoms with Gasteiger partial charge in [0.1, 0.15) is 11.8 Å². The molecule has 0 saturated carbocycles. The van der Waals surface area contributed by atoms with Crippen molar-refractivity contribution in [3.05, 3.63) is 51.6 Å². The Morgan fingerprint density at radius 3 is 2.68 bits per heavy atom. The predicted molar refractivity (Wildman–Crippen MR) is 94.7 cm³/mol. The highest BCUT2D eigenvalue weighted by molar-refractivity contribution is 5.94. The van der Waals surface area contributed by atoms with E-state index in [0.717, 1.165) is 5.56 Å². The van der Waals surface area contributed by atoms with E-state index >= 15 is 0 Å². The monoisotopic (exact) mass is 340 g/mol. The normalized spacial score (nSPS) is 12.3. The van der Waals surface area contributed by atoms with E-state index in [1.165, 1.54) is 4.68 Å². The molecule has 3 rings (SSSR count). The molecule has 1 amide bonds. The summed E-state index contributed by atoms with van der Waals surface area (Å²) in [6, 6.07) is 6.76. The summed E-state index contributed by atoms with van der Waals surface area (Å²) < 4.78 is 6.31. The van der Waals surface area contributed by atoms with Gasteiger partial charge in [0.25, 0.3) is 5.56 Å². The molecule has 7 nitrogen and oxygen atoms in total. The second kappa shape index (κ2) is 6.51. The van der Waals surface area contributed by atoms with Crippen molar-refractivity contribution in [3.8, 4) is 0 Å². The third kappa shape index (κ3) is 2.93. The first kappa shape index (κ1) is 16.9. The number of amides is 1. The lowest BCUT2D eigenvalue weighted by atomic mass is 10.1. The molecule has 7 heteroatoms. The van der Waals surface area contributed by atoms with Gasteiger partial charge in [0, 0.05) is 5.69 Å². The second-order valence-electron chi connectivity index (χ2n) is 6.03. The standard InChI is InChI=1S/C18H20N4O3/c1-5-14(17(23)19-13-9-7-6-8-10(13)2)22-18(24)16-15(11(3)20-22)12(4)25-21-16/h6-9,14H,5H2,1-4H3,(H,19,23)/t14-/m0/s1. The number of aromatic nitrogens is 3. The lowest BCUT2D eigenvalue weighted by Gasteiger charge is -2.18. The maximum Gasteiger partial charge on any atom is 0.297 e. The molecule has 1 aromatic carbocycles. The lowest BCUT2D eigenvalue weighted by molar-refractivity contribution is -0.119. The Morgan fingerprint density at radius 1 is 1.28 bits per heavy atom. The average molecular weight is 340 g/mol. The van der Waals surface area contributed by atoms with E-state index in [9.17, 15) is 9.59 Å². The number of rotatable bonds is 4. The summed E-state index contributed by atoms with van der Waals surface area (Å²) in [4.78, 5) is 25.5. The number of aryl methyl sites for hydroxylation is 3. The molecule has 0 bridgehead atoms. The number of carbonyl (C=O) groups excluding carboxylic acids is 1. The fourth-order valence-electron chi connectivity index (χ4n) is 2.92. The van der Waals surface area contributed by atoms with Crippen LogP contribution >= 0.6 is 0 Å². The number of hydrogen-bond acceptors (Lipinski definition) is 5. The minimum absolute atomic E-state index is 0.201. The molecule has 0 unspecified atom stereocenters. The number of hydrogen-bond donors (Lipinski definition) is 1. The minimum atomic E-state index is -0.729. The van der Waals surface area contributed by atoms with Crippen molar-refractivity contribution in [3.63, 3.8) is 0 Å². The van der Waals surface area contributed by atoms with Crippen LogP contribution in [0.25, 0.3) is 10.9 Å². The molecule has 0 aliphatic carbocycles. The number of para-hydroxylation sites is 1. The molecule has 130 valence electrons. The third-order valence-corrected chi connectivity index (χ3v) is 4.28. The average Bonchev–Trinajstić information content (AvgIpc) is 2.97. The van der Waals surface area contributed by atoms with Gasteiger partial charge in [-0.1, -0.05) is 30.3 Å². The summed E-state index contributed by atoms with van der Waals surface area (Å²) in [5.74, 6) is 0.257. The van der Waals surface area contributed by atoms with Crippen molar-refractivity contribution in [2.45, 2.75) is 40.2 Å². The van der Waals surface area contributed by atoms with E-state index in [1.807, 2.05) is 38.1 Å². The second-order valence-corrected chi connectivity index (χ2v) is 6.03. The number of nitrogens with one attached hydrogen (secondary N) is 1. The molecular weight excluding hydrogens is 320 g/mol. The zero-order chi connectivity index (χ0) is 18.1. The van der Waals surface area contributed by atoms with Crippen LogP contribution in [0.4, 0.5) is 5.69 Å². The van der Waals surface area contributed by atoms with Crippen LogP contribution in [-0.4, -0.2) is 20.8 Å². The van der Waals surface area contributed by atoms with Crippen LogP contribution in [0.1, 0.15) is 36.4 Å². The smallest absolute Gasteiger partial charge is 0.297 e. The quantitative estimate of drug-likeness (QED) is 0.788. The fourth-order valence-corrected chi connectivity index (χ4v) is 2.92. The summed E-state index contributed by atoms with van der Waals surface area (Å²) in [7, 11) is 0. The van der Waals surface area contributed by atoms with E-state index in [0.29, 0.717) is 28.9 Å². The molecule has 0 aliphatic heterocycles. The molecule has 0 fully saturated rings. The van der Waals surface area contributed by atoms with Gasteiger partial charge in [-0.3, -0.25) is 9.59 Å². The summed E-state index contributed by atoms with van der Waals surface area (Å²) in [6.07, 6.45) is 0.423.